The van der Waals surface area contributed by atoms with E-state index in [4.69, 9.17) is 30.8 Å². The van der Waals surface area contributed by atoms with E-state index in [-0.39, 0.29) is 17.7 Å². The van der Waals surface area contributed by atoms with Crippen LogP contribution in [0.15, 0.2) is 100 Å². The van der Waals surface area contributed by atoms with Crippen molar-refractivity contribution in [1.82, 2.24) is 4.57 Å². The summed E-state index contributed by atoms with van der Waals surface area (Å²) in [5, 5.41) is 2.29. The van der Waals surface area contributed by atoms with Gasteiger partial charge < -0.3 is 14.2 Å². The average molecular weight is 611 g/mol. The van der Waals surface area contributed by atoms with Crippen LogP contribution in [0.1, 0.15) is 29.7 Å². The molecule has 1 aliphatic heterocycles. The van der Waals surface area contributed by atoms with Gasteiger partial charge in [0.2, 0.25) is 0 Å². The maximum Gasteiger partial charge on any atom is 0.338 e. The number of hydrogen-bond donors (Lipinski definition) is 0. The first kappa shape index (κ1) is 28.5. The fourth-order valence-corrected chi connectivity index (χ4v) is 6.58. The minimum absolute atomic E-state index is 0.156. The van der Waals surface area contributed by atoms with Gasteiger partial charge in [0.1, 0.15) is 17.5 Å². The van der Waals surface area contributed by atoms with Crippen molar-refractivity contribution in [3.8, 4) is 11.5 Å². The molecule has 0 bridgehead atoms. The van der Waals surface area contributed by atoms with Crippen LogP contribution in [-0.2, 0) is 9.53 Å². The average Bonchev–Trinajstić information content (AvgIpc) is 3.34. The molecule has 7 nitrogen and oxygen atoms in total. The molecule has 6 rings (SSSR count). The molecular formula is C34H27ClN2O5S. The number of nitrogens with zero attached hydrogens (tertiary/aromatic N) is 2. The third-order valence-corrected chi connectivity index (χ3v) is 8.49. The van der Waals surface area contributed by atoms with Crippen molar-refractivity contribution >= 4 is 51.5 Å². The van der Waals surface area contributed by atoms with E-state index in [0.29, 0.717) is 42.7 Å². The van der Waals surface area contributed by atoms with Crippen LogP contribution >= 0.6 is 22.9 Å². The molecule has 0 aliphatic carbocycles. The maximum atomic E-state index is 14.4. The number of benzene rings is 4. The van der Waals surface area contributed by atoms with E-state index in [1.165, 1.54) is 11.3 Å². The first-order valence-electron chi connectivity index (χ1n) is 13.6. The lowest BCUT2D eigenvalue weighted by Gasteiger charge is -2.28. The monoisotopic (exact) mass is 610 g/mol. The fourth-order valence-electron chi connectivity index (χ4n) is 5.41. The number of rotatable bonds is 7. The first-order valence-corrected chi connectivity index (χ1v) is 14.8. The molecule has 0 N–H and O–H groups in total. The molecule has 0 amide bonds. The van der Waals surface area contributed by atoms with Crippen LogP contribution in [0.5, 0.6) is 11.5 Å². The Kier molecular flexibility index (Phi) is 7.88. The molecule has 216 valence electrons. The molecule has 43 heavy (non-hydrogen) atoms. The Morgan fingerprint density at radius 3 is 2.44 bits per heavy atom. The SMILES string of the molecule is CCOC(=O)C1=C(c2ccccc2)N=c2s/c(=C/c3cc(Cl)ccc3OC)c(=O)n2[C@H]1c1c(OC)ccc2ccccc12. The Morgan fingerprint density at radius 1 is 0.977 bits per heavy atom. The number of aromatic nitrogens is 1. The summed E-state index contributed by atoms with van der Waals surface area (Å²) in [7, 11) is 3.14. The van der Waals surface area contributed by atoms with E-state index in [2.05, 4.69) is 0 Å². The minimum Gasteiger partial charge on any atom is -0.496 e. The molecule has 2 heterocycles. The zero-order valence-corrected chi connectivity index (χ0v) is 25.2. The number of methoxy groups -OCH3 is 2. The van der Waals surface area contributed by atoms with Crippen molar-refractivity contribution in [2.75, 3.05) is 20.8 Å². The van der Waals surface area contributed by atoms with Gasteiger partial charge >= 0.3 is 5.97 Å². The lowest BCUT2D eigenvalue weighted by Crippen LogP contribution is -2.40. The topological polar surface area (TPSA) is 79.1 Å². The lowest BCUT2D eigenvalue weighted by atomic mass is 9.89. The molecular weight excluding hydrogens is 584 g/mol. The van der Waals surface area contributed by atoms with Crippen LogP contribution in [0.2, 0.25) is 5.02 Å². The van der Waals surface area contributed by atoms with Crippen molar-refractivity contribution in [2.24, 2.45) is 4.99 Å². The lowest BCUT2D eigenvalue weighted by molar-refractivity contribution is -0.138. The number of carbonyl (C=O) groups is 1. The molecule has 0 spiro atoms. The number of ether oxygens (including phenoxy) is 3. The van der Waals surface area contributed by atoms with Gasteiger partial charge in [0, 0.05) is 21.7 Å². The van der Waals surface area contributed by atoms with Gasteiger partial charge in [0.05, 0.1) is 36.6 Å². The highest BCUT2D eigenvalue weighted by Gasteiger charge is 2.37. The molecule has 0 radical (unpaired) electrons. The van der Waals surface area contributed by atoms with Gasteiger partial charge in [0.25, 0.3) is 5.56 Å². The van der Waals surface area contributed by atoms with Crippen molar-refractivity contribution < 1.29 is 19.0 Å². The number of esters is 1. The number of hydrogen-bond acceptors (Lipinski definition) is 7. The molecule has 4 aromatic carbocycles. The third-order valence-electron chi connectivity index (χ3n) is 7.28. The zero-order valence-electron chi connectivity index (χ0n) is 23.7. The Balaban J connectivity index is 1.75. The number of halogens is 1. The van der Waals surface area contributed by atoms with Crippen LogP contribution in [0.25, 0.3) is 22.5 Å². The first-order chi connectivity index (χ1) is 20.9. The second kappa shape index (κ2) is 11.9. The standard InChI is InChI=1S/C34H27ClN2O5S/c1-4-42-33(39)29-30(21-11-6-5-7-12-21)36-34-37(31(29)28-24-13-9-8-10-20(24)14-16-26(28)41-3)32(38)27(43-34)19-22-18-23(35)15-17-25(22)40-2/h5-19,31H,4H2,1-3H3/b27-19+/t31-/m0/s1. The molecule has 0 fully saturated rings. The summed E-state index contributed by atoms with van der Waals surface area (Å²) in [6, 6.07) is 25.4. The van der Waals surface area contributed by atoms with E-state index in [9.17, 15) is 9.59 Å². The molecule has 1 atom stereocenters. The summed E-state index contributed by atoms with van der Waals surface area (Å²) in [4.78, 5) is 33.7. The largest absolute Gasteiger partial charge is 0.496 e. The summed E-state index contributed by atoms with van der Waals surface area (Å²) in [6.07, 6.45) is 1.74. The van der Waals surface area contributed by atoms with E-state index < -0.39 is 12.0 Å². The van der Waals surface area contributed by atoms with Gasteiger partial charge in [-0.05, 0) is 48.0 Å². The van der Waals surface area contributed by atoms with Crippen LogP contribution in [0.3, 0.4) is 0 Å². The van der Waals surface area contributed by atoms with E-state index in [1.54, 1.807) is 50.0 Å². The molecule has 5 aromatic rings. The van der Waals surface area contributed by atoms with Crippen molar-refractivity contribution in [3.63, 3.8) is 0 Å². The van der Waals surface area contributed by atoms with Gasteiger partial charge in [-0.15, -0.1) is 0 Å². The van der Waals surface area contributed by atoms with Crippen LogP contribution < -0.4 is 24.4 Å². The fraction of sp³-hybridized carbons (Fsp3) is 0.147. The van der Waals surface area contributed by atoms with E-state index >= 15 is 0 Å². The molecule has 0 unspecified atom stereocenters. The van der Waals surface area contributed by atoms with Crippen LogP contribution in [0.4, 0.5) is 0 Å². The van der Waals surface area contributed by atoms with Gasteiger partial charge in [0.15, 0.2) is 4.80 Å². The predicted octanol–water partition coefficient (Wildman–Crippen LogP) is 5.76. The number of fused-ring (bicyclic) bond motifs is 2. The van der Waals surface area contributed by atoms with E-state index in [1.807, 2.05) is 66.7 Å². The zero-order chi connectivity index (χ0) is 30.1. The van der Waals surface area contributed by atoms with Gasteiger partial charge in [-0.3, -0.25) is 9.36 Å². The smallest absolute Gasteiger partial charge is 0.338 e. The second-order valence-corrected chi connectivity index (χ2v) is 11.2. The summed E-state index contributed by atoms with van der Waals surface area (Å²) in [5.74, 6) is 0.543. The Hall–Kier alpha value is -4.66. The van der Waals surface area contributed by atoms with Gasteiger partial charge in [-0.25, -0.2) is 9.79 Å². The summed E-state index contributed by atoms with van der Waals surface area (Å²) >= 11 is 7.52. The molecule has 1 aromatic heterocycles. The second-order valence-electron chi connectivity index (χ2n) is 9.72. The number of thiazole rings is 1. The quantitative estimate of drug-likeness (QED) is 0.219. The minimum atomic E-state index is -0.894. The van der Waals surface area contributed by atoms with E-state index in [0.717, 1.165) is 16.3 Å². The highest BCUT2D eigenvalue weighted by molar-refractivity contribution is 7.07. The Bertz CT molecular complexity index is 2080. The third kappa shape index (κ3) is 5.13. The summed E-state index contributed by atoms with van der Waals surface area (Å²) < 4.78 is 19.0. The maximum absolute atomic E-state index is 14.4. The summed E-state index contributed by atoms with van der Waals surface area (Å²) in [6.45, 7) is 1.91. The van der Waals surface area contributed by atoms with Crippen molar-refractivity contribution in [3.05, 3.63) is 132 Å². The Labute approximate surface area is 256 Å². The normalized spacial score (nSPS) is 14.8. The predicted molar refractivity (Wildman–Crippen MR) is 170 cm³/mol. The molecule has 1 aliphatic rings. The summed E-state index contributed by atoms with van der Waals surface area (Å²) in [5.41, 5.74) is 2.41. The molecule has 9 heteroatoms. The van der Waals surface area contributed by atoms with Gasteiger partial charge in [-0.2, -0.15) is 0 Å². The van der Waals surface area contributed by atoms with Gasteiger partial charge in [-0.1, -0.05) is 83.6 Å². The van der Waals surface area contributed by atoms with Crippen molar-refractivity contribution in [1.29, 1.82) is 0 Å². The van der Waals surface area contributed by atoms with Crippen LogP contribution in [0, 0.1) is 0 Å². The number of carbonyl (C=O) groups excluding carboxylic acids is 1. The molecule has 0 saturated carbocycles. The van der Waals surface area contributed by atoms with Crippen LogP contribution in [-0.4, -0.2) is 31.4 Å². The highest BCUT2D eigenvalue weighted by Crippen LogP contribution is 2.42. The highest BCUT2D eigenvalue weighted by atomic mass is 35.5. The Morgan fingerprint density at radius 2 is 1.70 bits per heavy atom. The molecule has 0 saturated heterocycles. The van der Waals surface area contributed by atoms with Crippen molar-refractivity contribution in [2.45, 2.75) is 13.0 Å².